The molecular formula is C7H14O3S. The largest absolute Gasteiger partial charge is 0.466 e. The molecular weight excluding hydrogens is 164 g/mol. The van der Waals surface area contributed by atoms with E-state index in [0.717, 1.165) is 0 Å². The van der Waals surface area contributed by atoms with E-state index >= 15 is 0 Å². The smallest absolute Gasteiger partial charge is 0.302 e. The van der Waals surface area contributed by atoms with Crippen molar-refractivity contribution in [2.45, 2.75) is 25.2 Å². The molecule has 0 aromatic carbocycles. The summed E-state index contributed by atoms with van der Waals surface area (Å²) in [5.74, 6) is -0.273. The normalized spacial score (nSPS) is 15.6. The van der Waals surface area contributed by atoms with Gasteiger partial charge in [0.1, 0.15) is 4.93 Å². The summed E-state index contributed by atoms with van der Waals surface area (Å²) in [4.78, 5) is 9.83. The van der Waals surface area contributed by atoms with Gasteiger partial charge in [0.2, 0.25) is 0 Å². The van der Waals surface area contributed by atoms with Crippen LogP contribution < -0.4 is 0 Å². The zero-order valence-electron chi connectivity index (χ0n) is 7.09. The van der Waals surface area contributed by atoms with Crippen LogP contribution in [-0.2, 0) is 14.3 Å². The van der Waals surface area contributed by atoms with E-state index in [-0.39, 0.29) is 5.97 Å². The molecule has 0 heterocycles. The maximum atomic E-state index is 10.3. The SMILES string of the molecule is COC(C)(S)CCOC(C)=O. The maximum absolute atomic E-state index is 10.3. The molecule has 0 aliphatic rings. The van der Waals surface area contributed by atoms with Gasteiger partial charge in [0.25, 0.3) is 0 Å². The van der Waals surface area contributed by atoms with Crippen LogP contribution in [0.5, 0.6) is 0 Å². The van der Waals surface area contributed by atoms with Crippen LogP contribution >= 0.6 is 12.6 Å². The lowest BCUT2D eigenvalue weighted by atomic mass is 10.3. The summed E-state index contributed by atoms with van der Waals surface area (Å²) in [5.41, 5.74) is 0. The number of hydrogen-bond acceptors (Lipinski definition) is 4. The Hall–Kier alpha value is -0.220. The van der Waals surface area contributed by atoms with Gasteiger partial charge in [-0.05, 0) is 6.92 Å². The van der Waals surface area contributed by atoms with E-state index in [1.807, 2.05) is 6.92 Å². The Balaban J connectivity index is 3.45. The molecule has 3 nitrogen and oxygen atoms in total. The number of thiol groups is 1. The predicted molar refractivity (Wildman–Crippen MR) is 45.7 cm³/mol. The molecule has 0 aliphatic carbocycles. The van der Waals surface area contributed by atoms with E-state index in [9.17, 15) is 4.79 Å². The van der Waals surface area contributed by atoms with Gasteiger partial charge in [0.15, 0.2) is 0 Å². The van der Waals surface area contributed by atoms with E-state index < -0.39 is 4.93 Å². The Morgan fingerprint density at radius 3 is 2.55 bits per heavy atom. The highest BCUT2D eigenvalue weighted by molar-refractivity contribution is 7.81. The maximum Gasteiger partial charge on any atom is 0.302 e. The first kappa shape index (κ1) is 10.8. The molecule has 0 saturated heterocycles. The second kappa shape index (κ2) is 4.62. The molecule has 0 spiro atoms. The van der Waals surface area contributed by atoms with Gasteiger partial charge in [-0.3, -0.25) is 4.79 Å². The number of methoxy groups -OCH3 is 1. The Kier molecular flexibility index (Phi) is 4.52. The fourth-order valence-electron chi connectivity index (χ4n) is 0.486. The van der Waals surface area contributed by atoms with E-state index in [0.29, 0.717) is 13.0 Å². The van der Waals surface area contributed by atoms with Gasteiger partial charge in [-0.1, -0.05) is 0 Å². The summed E-state index contributed by atoms with van der Waals surface area (Å²) >= 11 is 4.18. The second-order valence-corrected chi connectivity index (χ2v) is 3.42. The summed E-state index contributed by atoms with van der Waals surface area (Å²) in [6.45, 7) is 3.55. The van der Waals surface area contributed by atoms with Crippen LogP contribution in [0.15, 0.2) is 0 Å². The number of esters is 1. The molecule has 0 aromatic rings. The van der Waals surface area contributed by atoms with Crippen molar-refractivity contribution in [2.24, 2.45) is 0 Å². The van der Waals surface area contributed by atoms with Crippen molar-refractivity contribution in [1.29, 1.82) is 0 Å². The minimum absolute atomic E-state index is 0.273. The lowest BCUT2D eigenvalue weighted by Gasteiger charge is -2.20. The van der Waals surface area contributed by atoms with Crippen LogP contribution in [-0.4, -0.2) is 24.6 Å². The monoisotopic (exact) mass is 178 g/mol. The van der Waals surface area contributed by atoms with Crippen LogP contribution in [0.1, 0.15) is 20.3 Å². The standard InChI is InChI=1S/C7H14O3S/c1-6(8)10-5-4-7(2,11)9-3/h11H,4-5H2,1-3H3. The molecule has 0 saturated carbocycles. The van der Waals surface area contributed by atoms with Gasteiger partial charge in [-0.15, -0.1) is 12.6 Å². The first-order chi connectivity index (χ1) is 4.98. The zero-order chi connectivity index (χ0) is 8.91. The molecule has 0 fully saturated rings. The van der Waals surface area contributed by atoms with Gasteiger partial charge in [-0.2, -0.15) is 0 Å². The summed E-state index contributed by atoms with van der Waals surface area (Å²) in [6.07, 6.45) is 0.589. The first-order valence-corrected chi connectivity index (χ1v) is 3.83. The number of carbonyl (C=O) groups is 1. The zero-order valence-corrected chi connectivity index (χ0v) is 7.98. The fraction of sp³-hybridized carbons (Fsp3) is 0.857. The average Bonchev–Trinajstić information content (AvgIpc) is 1.87. The highest BCUT2D eigenvalue weighted by Gasteiger charge is 2.17. The summed E-state index contributed by atoms with van der Waals surface area (Å²) in [5, 5.41) is 0. The topological polar surface area (TPSA) is 35.5 Å². The fourth-order valence-corrected chi connectivity index (χ4v) is 0.577. The van der Waals surface area contributed by atoms with Gasteiger partial charge in [0, 0.05) is 20.5 Å². The van der Waals surface area contributed by atoms with Crippen LogP contribution in [0, 0.1) is 0 Å². The van der Waals surface area contributed by atoms with E-state index in [1.54, 1.807) is 7.11 Å². The number of ether oxygens (including phenoxy) is 2. The molecule has 0 aromatic heterocycles. The highest BCUT2D eigenvalue weighted by Crippen LogP contribution is 2.18. The molecule has 11 heavy (non-hydrogen) atoms. The van der Waals surface area contributed by atoms with E-state index in [1.165, 1.54) is 6.92 Å². The van der Waals surface area contributed by atoms with Crippen LogP contribution in [0.25, 0.3) is 0 Å². The van der Waals surface area contributed by atoms with E-state index in [4.69, 9.17) is 9.47 Å². The van der Waals surface area contributed by atoms with Crippen molar-refractivity contribution >= 4 is 18.6 Å². The van der Waals surface area contributed by atoms with Crippen molar-refractivity contribution in [3.63, 3.8) is 0 Å². The molecule has 66 valence electrons. The minimum Gasteiger partial charge on any atom is -0.466 e. The van der Waals surface area contributed by atoms with Crippen molar-refractivity contribution in [2.75, 3.05) is 13.7 Å². The Labute approximate surface area is 72.5 Å². The molecule has 0 amide bonds. The third kappa shape index (κ3) is 6.19. The van der Waals surface area contributed by atoms with E-state index in [2.05, 4.69) is 12.6 Å². The Morgan fingerprint density at radius 2 is 2.18 bits per heavy atom. The van der Waals surface area contributed by atoms with Gasteiger partial charge >= 0.3 is 5.97 Å². The Bertz CT molecular complexity index is 134. The van der Waals surface area contributed by atoms with Gasteiger partial charge in [-0.25, -0.2) is 0 Å². The lowest BCUT2D eigenvalue weighted by Crippen LogP contribution is -2.22. The van der Waals surface area contributed by atoms with Crippen molar-refractivity contribution < 1.29 is 14.3 Å². The lowest BCUT2D eigenvalue weighted by molar-refractivity contribution is -0.141. The van der Waals surface area contributed by atoms with Gasteiger partial charge < -0.3 is 9.47 Å². The van der Waals surface area contributed by atoms with Gasteiger partial charge in [0.05, 0.1) is 6.61 Å². The second-order valence-electron chi connectivity index (χ2n) is 2.47. The molecule has 1 unspecified atom stereocenters. The van der Waals surface area contributed by atoms with Crippen molar-refractivity contribution in [3.8, 4) is 0 Å². The minimum atomic E-state index is -0.505. The highest BCUT2D eigenvalue weighted by atomic mass is 32.1. The number of hydrogen-bond donors (Lipinski definition) is 1. The molecule has 0 N–H and O–H groups in total. The molecule has 0 bridgehead atoms. The molecule has 0 rings (SSSR count). The van der Waals surface area contributed by atoms with Crippen LogP contribution in [0.4, 0.5) is 0 Å². The first-order valence-electron chi connectivity index (χ1n) is 3.39. The summed E-state index contributed by atoms with van der Waals surface area (Å²) in [7, 11) is 1.57. The average molecular weight is 178 g/mol. The number of rotatable bonds is 4. The quantitative estimate of drug-likeness (QED) is 0.399. The Morgan fingerprint density at radius 1 is 1.64 bits per heavy atom. The van der Waals surface area contributed by atoms with Crippen LogP contribution in [0.2, 0.25) is 0 Å². The third-order valence-electron chi connectivity index (χ3n) is 1.31. The molecule has 0 radical (unpaired) electrons. The third-order valence-corrected chi connectivity index (χ3v) is 1.72. The number of carbonyl (C=O) groups excluding carboxylic acids is 1. The predicted octanol–water partition coefficient (Wildman–Crippen LogP) is 1.23. The van der Waals surface area contributed by atoms with Crippen LogP contribution in [0.3, 0.4) is 0 Å². The van der Waals surface area contributed by atoms with Crippen molar-refractivity contribution in [1.82, 2.24) is 0 Å². The molecule has 1 atom stereocenters. The molecule has 0 aliphatic heterocycles. The summed E-state index contributed by atoms with van der Waals surface area (Å²) in [6, 6.07) is 0. The molecule has 4 heteroatoms. The summed E-state index contributed by atoms with van der Waals surface area (Å²) < 4.78 is 9.70. The van der Waals surface area contributed by atoms with Crippen molar-refractivity contribution in [3.05, 3.63) is 0 Å².